The second-order valence-corrected chi connectivity index (χ2v) is 19.5. The van der Waals surface area contributed by atoms with Crippen LogP contribution in [-0.2, 0) is 10.8 Å². The molecule has 1 heterocycles. The van der Waals surface area contributed by atoms with Gasteiger partial charge in [-0.25, -0.2) is 0 Å². The van der Waals surface area contributed by atoms with Gasteiger partial charge < -0.3 is 9.32 Å². The molecule has 0 atom stereocenters. The third-order valence-electron chi connectivity index (χ3n) is 15.6. The third-order valence-corrected chi connectivity index (χ3v) is 15.6. The lowest BCUT2D eigenvalue weighted by Gasteiger charge is -2.35. The Balaban J connectivity index is 1.08. The van der Waals surface area contributed by atoms with Crippen molar-refractivity contribution in [1.82, 2.24) is 0 Å². The fourth-order valence-corrected chi connectivity index (χ4v) is 12.5. The van der Waals surface area contributed by atoms with Crippen molar-refractivity contribution in [1.29, 1.82) is 0 Å². The van der Waals surface area contributed by atoms with Crippen LogP contribution in [0.3, 0.4) is 0 Å². The predicted octanol–water partition coefficient (Wildman–Crippen LogP) is 18.2. The van der Waals surface area contributed by atoms with E-state index >= 15 is 0 Å². The van der Waals surface area contributed by atoms with Gasteiger partial charge in [0.1, 0.15) is 11.2 Å². The molecule has 1 aromatic heterocycles. The molecule has 70 heavy (non-hydrogen) atoms. The molecule has 0 unspecified atom stereocenters. The summed E-state index contributed by atoms with van der Waals surface area (Å²) in [5.41, 5.74) is 21.8. The van der Waals surface area contributed by atoms with Crippen LogP contribution in [0, 0.1) is 0 Å². The summed E-state index contributed by atoms with van der Waals surface area (Å²) in [5.74, 6) is 0. The van der Waals surface area contributed by atoms with Crippen molar-refractivity contribution in [3.8, 4) is 44.5 Å². The highest BCUT2D eigenvalue weighted by Gasteiger charge is 2.46. The molecule has 0 amide bonds. The van der Waals surface area contributed by atoms with E-state index in [0.717, 1.165) is 60.9 Å². The van der Waals surface area contributed by atoms with E-state index in [9.17, 15) is 0 Å². The lowest BCUT2D eigenvalue weighted by atomic mass is 9.67. The molecule has 14 rings (SSSR count). The van der Waals surface area contributed by atoms with Crippen LogP contribution in [0.5, 0.6) is 0 Å². The number of hydrogen-bond acceptors (Lipinski definition) is 2. The first-order chi connectivity index (χ1) is 34.5. The number of rotatable bonds is 7. The quantitative estimate of drug-likeness (QED) is 0.158. The highest BCUT2D eigenvalue weighted by molar-refractivity contribution is 6.20. The largest absolute Gasteiger partial charge is 0.455 e. The average Bonchev–Trinajstić information content (AvgIpc) is 4.04. The highest BCUT2D eigenvalue weighted by Crippen LogP contribution is 2.59. The number of para-hydroxylation sites is 2. The van der Waals surface area contributed by atoms with Crippen molar-refractivity contribution >= 4 is 49.8 Å². The van der Waals surface area contributed by atoms with Crippen LogP contribution in [0.4, 0.5) is 17.1 Å². The Labute approximate surface area is 408 Å². The lowest BCUT2D eigenvalue weighted by molar-refractivity contribution is 0.660. The maximum Gasteiger partial charge on any atom is 0.143 e. The van der Waals surface area contributed by atoms with Gasteiger partial charge in [0.2, 0.25) is 0 Å². The molecule has 2 nitrogen and oxygen atoms in total. The van der Waals surface area contributed by atoms with Crippen molar-refractivity contribution < 1.29 is 4.42 Å². The minimum atomic E-state index is -0.575. The van der Waals surface area contributed by atoms with E-state index in [4.69, 9.17) is 4.42 Å². The molecule has 0 N–H and O–H groups in total. The fraction of sp³-hybridized carbons (Fsp3) is 0.0588. The van der Waals surface area contributed by atoms with Gasteiger partial charge in [0.25, 0.3) is 0 Å². The zero-order valence-corrected chi connectivity index (χ0v) is 39.0. The fourth-order valence-electron chi connectivity index (χ4n) is 12.5. The summed E-state index contributed by atoms with van der Waals surface area (Å²) >= 11 is 0. The van der Waals surface area contributed by atoms with Crippen molar-refractivity contribution in [3.63, 3.8) is 0 Å². The SMILES string of the molecule is CC1(C)c2ccccc2-c2c(-c3ccccc3N(c3ccc4c(c3)C(c3ccccc3)(c3ccccc3)c3ccccc3-4)c3ccccc3-c3cccc4oc5c6ccccc6ccc5c34)cccc21. The van der Waals surface area contributed by atoms with Gasteiger partial charge in [-0.15, -0.1) is 0 Å². The molecule has 0 aliphatic heterocycles. The molecular weight excluding hydrogens is 847 g/mol. The molecule has 11 aromatic carbocycles. The minimum absolute atomic E-state index is 0.145. The Hall–Kier alpha value is -8.72. The first-order valence-electron chi connectivity index (χ1n) is 24.4. The summed E-state index contributed by atoms with van der Waals surface area (Å²) < 4.78 is 6.84. The predicted molar refractivity (Wildman–Crippen MR) is 292 cm³/mol. The Bertz CT molecular complexity index is 4010. The van der Waals surface area contributed by atoms with E-state index < -0.39 is 5.41 Å². The topological polar surface area (TPSA) is 16.4 Å². The van der Waals surface area contributed by atoms with E-state index in [1.807, 2.05) is 0 Å². The van der Waals surface area contributed by atoms with Gasteiger partial charge >= 0.3 is 0 Å². The van der Waals surface area contributed by atoms with Crippen molar-refractivity contribution in [2.24, 2.45) is 0 Å². The summed E-state index contributed by atoms with van der Waals surface area (Å²) in [4.78, 5) is 2.54. The highest BCUT2D eigenvalue weighted by atomic mass is 16.3. The van der Waals surface area contributed by atoms with Crippen molar-refractivity contribution in [2.75, 3.05) is 4.90 Å². The number of hydrogen-bond donors (Lipinski definition) is 0. The Morgan fingerprint density at radius 1 is 0.357 bits per heavy atom. The monoisotopic (exact) mass is 893 g/mol. The standard InChI is InChI=1S/C68H47NO/c1-67(2)57-33-15-12-30-55(57)64-53(31-19-35-59(64)67)51-28-13-17-36-61(51)69(62-37-18-14-29-52(62)54-32-20-38-63-65(54)56-41-39-44-21-9-10-26-48(44)66(56)70-63)47-40-42-50-49-27-11-16-34-58(49)68(60(50)43-47,45-22-5-3-6-23-45)46-24-7-4-8-25-46/h3-43H,1-2H3. The number of benzene rings is 11. The van der Waals surface area contributed by atoms with Crippen LogP contribution in [-0.4, -0.2) is 0 Å². The molecule has 0 saturated heterocycles. The Kier molecular flexibility index (Phi) is 8.88. The summed E-state index contributed by atoms with van der Waals surface area (Å²) in [6.45, 7) is 4.74. The van der Waals surface area contributed by atoms with E-state index in [1.165, 1.54) is 66.8 Å². The van der Waals surface area contributed by atoms with Crippen LogP contribution >= 0.6 is 0 Å². The normalized spacial score (nSPS) is 13.8. The molecule has 2 aliphatic rings. The molecular formula is C68H47NO. The molecule has 0 saturated carbocycles. The van der Waals surface area contributed by atoms with Crippen LogP contribution in [0.25, 0.3) is 77.2 Å². The number of fused-ring (bicyclic) bond motifs is 11. The van der Waals surface area contributed by atoms with E-state index in [2.05, 4.69) is 267 Å². The van der Waals surface area contributed by atoms with Gasteiger partial charge in [-0.3, -0.25) is 0 Å². The van der Waals surface area contributed by atoms with Gasteiger partial charge in [-0.05, 0) is 109 Å². The van der Waals surface area contributed by atoms with Gasteiger partial charge in [-0.2, -0.15) is 0 Å². The summed E-state index contributed by atoms with van der Waals surface area (Å²) in [5, 5.41) is 4.50. The molecule has 0 fully saturated rings. The molecule has 0 spiro atoms. The molecule has 2 heteroatoms. The minimum Gasteiger partial charge on any atom is -0.455 e. The second-order valence-electron chi connectivity index (χ2n) is 19.5. The van der Waals surface area contributed by atoms with Crippen LogP contribution in [0.1, 0.15) is 47.2 Å². The van der Waals surface area contributed by atoms with E-state index in [0.29, 0.717) is 0 Å². The van der Waals surface area contributed by atoms with Gasteiger partial charge in [0, 0.05) is 38.4 Å². The molecule has 0 radical (unpaired) electrons. The summed E-state index contributed by atoms with van der Waals surface area (Å²) in [6, 6.07) is 91.9. The van der Waals surface area contributed by atoms with Crippen LogP contribution in [0.15, 0.2) is 253 Å². The summed E-state index contributed by atoms with van der Waals surface area (Å²) in [7, 11) is 0. The third kappa shape index (κ3) is 5.68. The zero-order valence-electron chi connectivity index (χ0n) is 39.0. The van der Waals surface area contributed by atoms with Crippen molar-refractivity contribution in [2.45, 2.75) is 24.7 Å². The Morgan fingerprint density at radius 2 is 0.900 bits per heavy atom. The van der Waals surface area contributed by atoms with Gasteiger partial charge in [0.05, 0.1) is 16.8 Å². The number of nitrogens with zero attached hydrogens (tertiary/aromatic N) is 1. The Morgan fingerprint density at radius 3 is 1.64 bits per heavy atom. The lowest BCUT2D eigenvalue weighted by Crippen LogP contribution is -2.28. The molecule has 330 valence electrons. The van der Waals surface area contributed by atoms with Crippen LogP contribution < -0.4 is 4.90 Å². The van der Waals surface area contributed by atoms with Crippen LogP contribution in [0.2, 0.25) is 0 Å². The van der Waals surface area contributed by atoms with Gasteiger partial charge in [-0.1, -0.05) is 226 Å². The molecule has 2 aliphatic carbocycles. The zero-order chi connectivity index (χ0) is 46.6. The maximum absolute atomic E-state index is 6.84. The molecule has 0 bridgehead atoms. The second kappa shape index (κ2) is 15.4. The smallest absolute Gasteiger partial charge is 0.143 e. The number of anilines is 3. The van der Waals surface area contributed by atoms with Crippen molar-refractivity contribution in [3.05, 3.63) is 282 Å². The molecule has 12 aromatic rings. The van der Waals surface area contributed by atoms with E-state index in [1.54, 1.807) is 0 Å². The van der Waals surface area contributed by atoms with E-state index in [-0.39, 0.29) is 5.41 Å². The average molecular weight is 894 g/mol. The first kappa shape index (κ1) is 40.4. The first-order valence-corrected chi connectivity index (χ1v) is 24.4. The maximum atomic E-state index is 6.84. The summed E-state index contributed by atoms with van der Waals surface area (Å²) in [6.07, 6.45) is 0. The number of furan rings is 1. The van der Waals surface area contributed by atoms with Gasteiger partial charge in [0.15, 0.2) is 0 Å².